The average molecular weight is 272 g/mol. The number of carboxylic acid groups (broad SMARTS) is 1. The maximum absolute atomic E-state index is 12.2. The van der Waals surface area contributed by atoms with Crippen molar-refractivity contribution in [3.8, 4) is 0 Å². The molecular weight excluding hydrogens is 252 g/mol. The number of Topliss-reactive ketones (excluding diaryl/α,β-unsaturated/α-hetero) is 1. The van der Waals surface area contributed by atoms with Crippen molar-refractivity contribution in [2.24, 2.45) is 0 Å². The highest BCUT2D eigenvalue weighted by Crippen LogP contribution is 2.41. The van der Waals surface area contributed by atoms with Crippen LogP contribution in [0.3, 0.4) is 0 Å². The van der Waals surface area contributed by atoms with Gasteiger partial charge in [-0.3, -0.25) is 9.59 Å². The van der Waals surface area contributed by atoms with Gasteiger partial charge >= 0.3 is 5.97 Å². The van der Waals surface area contributed by atoms with Crippen LogP contribution >= 0.6 is 0 Å². The second-order valence-corrected chi connectivity index (χ2v) is 6.38. The van der Waals surface area contributed by atoms with Gasteiger partial charge in [-0.25, -0.2) is 0 Å². The first-order chi connectivity index (χ1) is 9.52. The molecule has 0 radical (unpaired) electrons. The second kappa shape index (κ2) is 4.72. The fraction of sp³-hybridized carbons (Fsp3) is 0.529. The molecule has 0 aromatic heterocycles. The van der Waals surface area contributed by atoms with Crippen LogP contribution in [0.4, 0.5) is 0 Å². The lowest BCUT2D eigenvalue weighted by molar-refractivity contribution is -0.142. The summed E-state index contributed by atoms with van der Waals surface area (Å²) < 4.78 is 0. The molecule has 1 atom stereocenters. The van der Waals surface area contributed by atoms with Crippen LogP contribution in [0, 0.1) is 0 Å². The van der Waals surface area contributed by atoms with Gasteiger partial charge in [-0.15, -0.1) is 0 Å². The number of fused-ring (bicyclic) bond motifs is 1. The first-order valence-corrected chi connectivity index (χ1v) is 7.43. The Hall–Kier alpha value is -1.64. The zero-order valence-electron chi connectivity index (χ0n) is 11.8. The summed E-state index contributed by atoms with van der Waals surface area (Å²) in [5.41, 5.74) is 1.50. The molecule has 1 fully saturated rings. The van der Waals surface area contributed by atoms with E-state index < -0.39 is 11.4 Å². The summed E-state index contributed by atoms with van der Waals surface area (Å²) in [7, 11) is 0. The molecule has 0 spiro atoms. The third-order valence-electron chi connectivity index (χ3n) is 5.00. The standard InChI is InChI=1S/C17H20O3/c1-17(16(19)20)10-15(18)13-9-12(7-8-14(13)17)11-5-3-2-4-6-11/h7-9,11H,2-6,10H2,1H3,(H,19,20). The van der Waals surface area contributed by atoms with Crippen LogP contribution in [0.5, 0.6) is 0 Å². The number of carbonyl (C=O) groups excluding carboxylic acids is 1. The molecule has 0 amide bonds. The summed E-state index contributed by atoms with van der Waals surface area (Å²) in [6, 6.07) is 5.87. The minimum atomic E-state index is -1.04. The molecule has 3 nitrogen and oxygen atoms in total. The summed E-state index contributed by atoms with van der Waals surface area (Å²) >= 11 is 0. The highest BCUT2D eigenvalue weighted by molar-refractivity contribution is 6.07. The lowest BCUT2D eigenvalue weighted by Crippen LogP contribution is -2.29. The molecule has 3 rings (SSSR count). The Morgan fingerprint density at radius 1 is 1.25 bits per heavy atom. The molecule has 0 heterocycles. The molecule has 2 aliphatic carbocycles. The SMILES string of the molecule is CC1(C(=O)O)CC(=O)c2cc(C3CCCCC3)ccc21. The molecule has 106 valence electrons. The monoisotopic (exact) mass is 272 g/mol. The molecule has 1 N–H and O–H groups in total. The van der Waals surface area contributed by atoms with Gasteiger partial charge in [0.2, 0.25) is 0 Å². The van der Waals surface area contributed by atoms with Crippen molar-refractivity contribution in [1.29, 1.82) is 0 Å². The number of aliphatic carboxylic acids is 1. The molecule has 20 heavy (non-hydrogen) atoms. The highest BCUT2D eigenvalue weighted by atomic mass is 16.4. The Kier molecular flexibility index (Phi) is 3.15. The molecular formula is C17H20O3. The van der Waals surface area contributed by atoms with Crippen LogP contribution in [0.25, 0.3) is 0 Å². The van der Waals surface area contributed by atoms with Crippen LogP contribution in [0.1, 0.15) is 72.9 Å². The van der Waals surface area contributed by atoms with Gasteiger partial charge in [0.1, 0.15) is 0 Å². The second-order valence-electron chi connectivity index (χ2n) is 6.38. The van der Waals surface area contributed by atoms with E-state index in [9.17, 15) is 14.7 Å². The van der Waals surface area contributed by atoms with E-state index >= 15 is 0 Å². The van der Waals surface area contributed by atoms with Crippen molar-refractivity contribution >= 4 is 11.8 Å². The molecule has 1 saturated carbocycles. The van der Waals surface area contributed by atoms with Crippen molar-refractivity contribution in [3.05, 3.63) is 34.9 Å². The Morgan fingerprint density at radius 2 is 1.95 bits per heavy atom. The number of benzene rings is 1. The lowest BCUT2D eigenvalue weighted by Gasteiger charge is -2.23. The van der Waals surface area contributed by atoms with E-state index in [2.05, 4.69) is 0 Å². The fourth-order valence-electron chi connectivity index (χ4n) is 3.67. The van der Waals surface area contributed by atoms with Crippen LogP contribution in [0.2, 0.25) is 0 Å². The number of rotatable bonds is 2. The molecule has 1 aromatic rings. The maximum Gasteiger partial charge on any atom is 0.314 e. The topological polar surface area (TPSA) is 54.4 Å². The van der Waals surface area contributed by atoms with Gasteiger partial charge in [0, 0.05) is 12.0 Å². The normalized spacial score (nSPS) is 26.6. The first kappa shape index (κ1) is 13.3. The van der Waals surface area contributed by atoms with Gasteiger partial charge in [-0.2, -0.15) is 0 Å². The number of hydrogen-bond acceptors (Lipinski definition) is 2. The summed E-state index contributed by atoms with van der Waals surface area (Å²) in [6.45, 7) is 1.65. The minimum absolute atomic E-state index is 0.0254. The van der Waals surface area contributed by atoms with Crippen molar-refractivity contribution < 1.29 is 14.7 Å². The third-order valence-corrected chi connectivity index (χ3v) is 5.00. The van der Waals surface area contributed by atoms with E-state index in [0.717, 1.165) is 0 Å². The molecule has 1 unspecified atom stereocenters. The molecule has 1 aromatic carbocycles. The highest BCUT2D eigenvalue weighted by Gasteiger charge is 2.45. The predicted molar refractivity (Wildman–Crippen MR) is 76.2 cm³/mol. The molecule has 2 aliphatic rings. The van der Waals surface area contributed by atoms with Crippen molar-refractivity contribution in [1.82, 2.24) is 0 Å². The van der Waals surface area contributed by atoms with Gasteiger partial charge < -0.3 is 5.11 Å². The van der Waals surface area contributed by atoms with E-state index in [1.165, 1.54) is 37.7 Å². The van der Waals surface area contributed by atoms with Crippen molar-refractivity contribution in [2.45, 2.75) is 56.8 Å². The smallest absolute Gasteiger partial charge is 0.314 e. The Bertz CT molecular complexity index is 570. The van der Waals surface area contributed by atoms with Gasteiger partial charge in [-0.1, -0.05) is 31.4 Å². The fourth-order valence-corrected chi connectivity index (χ4v) is 3.67. The Morgan fingerprint density at radius 3 is 2.60 bits per heavy atom. The zero-order chi connectivity index (χ0) is 14.3. The van der Waals surface area contributed by atoms with Crippen LogP contribution in [-0.4, -0.2) is 16.9 Å². The first-order valence-electron chi connectivity index (χ1n) is 7.43. The van der Waals surface area contributed by atoms with Gasteiger partial charge in [-0.05, 0) is 42.9 Å². The lowest BCUT2D eigenvalue weighted by atomic mass is 9.81. The number of carbonyl (C=O) groups is 2. The van der Waals surface area contributed by atoms with Crippen LogP contribution in [0.15, 0.2) is 18.2 Å². The number of ketones is 1. The quantitative estimate of drug-likeness (QED) is 0.893. The number of hydrogen-bond donors (Lipinski definition) is 1. The van der Waals surface area contributed by atoms with E-state index in [4.69, 9.17) is 0 Å². The number of carboxylic acids is 1. The molecule has 3 heteroatoms. The molecule has 0 saturated heterocycles. The summed E-state index contributed by atoms with van der Waals surface area (Å²) in [6.07, 6.45) is 6.26. The van der Waals surface area contributed by atoms with Gasteiger partial charge in [0.25, 0.3) is 0 Å². The summed E-state index contributed by atoms with van der Waals surface area (Å²) in [4.78, 5) is 23.6. The van der Waals surface area contributed by atoms with E-state index in [-0.39, 0.29) is 12.2 Å². The van der Waals surface area contributed by atoms with Crippen LogP contribution < -0.4 is 0 Å². The molecule has 0 bridgehead atoms. The maximum atomic E-state index is 12.2. The van der Waals surface area contributed by atoms with Gasteiger partial charge in [0.05, 0.1) is 5.41 Å². The largest absolute Gasteiger partial charge is 0.481 e. The molecule has 0 aliphatic heterocycles. The Labute approximate surface area is 119 Å². The van der Waals surface area contributed by atoms with E-state index in [1.54, 1.807) is 6.92 Å². The van der Waals surface area contributed by atoms with Crippen LogP contribution in [-0.2, 0) is 10.2 Å². The van der Waals surface area contributed by atoms with Crippen molar-refractivity contribution in [2.75, 3.05) is 0 Å². The third kappa shape index (κ3) is 1.96. The zero-order valence-corrected chi connectivity index (χ0v) is 11.8. The van der Waals surface area contributed by atoms with Crippen molar-refractivity contribution in [3.63, 3.8) is 0 Å². The van der Waals surface area contributed by atoms with E-state index in [1.807, 2.05) is 18.2 Å². The van der Waals surface area contributed by atoms with E-state index in [0.29, 0.717) is 17.0 Å². The summed E-state index contributed by atoms with van der Waals surface area (Å²) in [5.74, 6) is -0.392. The summed E-state index contributed by atoms with van der Waals surface area (Å²) in [5, 5.41) is 9.40. The average Bonchev–Trinajstić information content (AvgIpc) is 2.72. The minimum Gasteiger partial charge on any atom is -0.481 e. The van der Waals surface area contributed by atoms with Gasteiger partial charge in [0.15, 0.2) is 5.78 Å². The Balaban J connectivity index is 1.99. The predicted octanol–water partition coefficient (Wildman–Crippen LogP) is 3.66.